The molecule has 0 fully saturated rings. The average molecular weight is 323 g/mol. The molecule has 23 heavy (non-hydrogen) atoms. The van der Waals surface area contributed by atoms with E-state index >= 15 is 0 Å². The van der Waals surface area contributed by atoms with Crippen LogP contribution in [-0.2, 0) is 6.18 Å². The standard InChI is InChI=1S/C17H20F3N3/c1-12-8-13(6-7-23(3)11-12)10-22-16-9-14(17(18,19)20)4-5-15(16)21-2/h4-6,9-11,21H,7-8H2,1-3H3. The number of nitrogens with zero attached hydrogens (tertiary/aromatic N) is 2. The van der Waals surface area contributed by atoms with Crippen molar-refractivity contribution < 1.29 is 13.2 Å². The summed E-state index contributed by atoms with van der Waals surface area (Å²) in [6, 6.07) is 3.52. The van der Waals surface area contributed by atoms with E-state index in [0.717, 1.165) is 30.7 Å². The van der Waals surface area contributed by atoms with Gasteiger partial charge in [0.2, 0.25) is 0 Å². The van der Waals surface area contributed by atoms with Gasteiger partial charge in [0, 0.05) is 26.9 Å². The maximum absolute atomic E-state index is 12.8. The second kappa shape index (κ2) is 6.89. The number of allylic oxidation sites excluding steroid dienone is 2. The van der Waals surface area contributed by atoms with Crippen LogP contribution in [0.1, 0.15) is 18.9 Å². The van der Waals surface area contributed by atoms with Gasteiger partial charge < -0.3 is 10.2 Å². The number of anilines is 1. The van der Waals surface area contributed by atoms with E-state index in [9.17, 15) is 13.2 Å². The van der Waals surface area contributed by atoms with Crippen molar-refractivity contribution >= 4 is 17.6 Å². The summed E-state index contributed by atoms with van der Waals surface area (Å²) in [4.78, 5) is 6.33. The van der Waals surface area contributed by atoms with E-state index < -0.39 is 11.7 Å². The SMILES string of the molecule is CNc1ccc(C(F)(F)F)cc1N=CC1=CCN(C)C=C(C)C1. The zero-order chi connectivity index (χ0) is 17.0. The normalized spacial score (nSPS) is 16.2. The molecule has 0 unspecified atom stereocenters. The Hall–Kier alpha value is -2.24. The molecule has 1 aliphatic rings. The zero-order valence-corrected chi connectivity index (χ0v) is 13.4. The lowest BCUT2D eigenvalue weighted by molar-refractivity contribution is -0.137. The third-order valence-electron chi connectivity index (χ3n) is 3.53. The number of halogens is 3. The Morgan fingerprint density at radius 1 is 1.30 bits per heavy atom. The average Bonchev–Trinajstić information content (AvgIpc) is 2.64. The first-order valence-corrected chi connectivity index (χ1v) is 7.29. The van der Waals surface area contributed by atoms with Gasteiger partial charge in [-0.2, -0.15) is 13.2 Å². The molecule has 0 bridgehead atoms. The topological polar surface area (TPSA) is 27.6 Å². The van der Waals surface area contributed by atoms with Crippen LogP contribution < -0.4 is 5.32 Å². The van der Waals surface area contributed by atoms with Gasteiger partial charge in [0.05, 0.1) is 16.9 Å². The van der Waals surface area contributed by atoms with E-state index in [-0.39, 0.29) is 5.69 Å². The fourth-order valence-corrected chi connectivity index (χ4v) is 2.41. The van der Waals surface area contributed by atoms with Gasteiger partial charge in [0.25, 0.3) is 0 Å². The largest absolute Gasteiger partial charge is 0.416 e. The van der Waals surface area contributed by atoms with E-state index in [0.29, 0.717) is 5.69 Å². The van der Waals surface area contributed by atoms with Gasteiger partial charge in [0.1, 0.15) is 0 Å². The van der Waals surface area contributed by atoms with Gasteiger partial charge >= 0.3 is 6.18 Å². The lowest BCUT2D eigenvalue weighted by Gasteiger charge is -2.10. The monoisotopic (exact) mass is 323 g/mol. The number of hydrogen-bond donors (Lipinski definition) is 1. The van der Waals surface area contributed by atoms with Gasteiger partial charge in [0.15, 0.2) is 0 Å². The highest BCUT2D eigenvalue weighted by Gasteiger charge is 2.30. The zero-order valence-electron chi connectivity index (χ0n) is 13.4. The predicted octanol–water partition coefficient (Wildman–Crippen LogP) is 4.62. The molecule has 0 atom stereocenters. The number of benzene rings is 1. The first-order chi connectivity index (χ1) is 10.8. The number of likely N-dealkylation sites (N-methyl/N-ethyl adjacent to an activating group) is 1. The van der Waals surface area contributed by atoms with E-state index in [1.165, 1.54) is 11.6 Å². The van der Waals surface area contributed by atoms with Crippen LogP contribution in [0.25, 0.3) is 0 Å². The van der Waals surface area contributed by atoms with Crippen LogP contribution in [0.5, 0.6) is 0 Å². The summed E-state index contributed by atoms with van der Waals surface area (Å²) >= 11 is 0. The third-order valence-corrected chi connectivity index (χ3v) is 3.53. The van der Waals surface area contributed by atoms with Crippen molar-refractivity contribution in [3.05, 3.63) is 47.2 Å². The first kappa shape index (κ1) is 17.1. The first-order valence-electron chi connectivity index (χ1n) is 7.29. The molecule has 2 rings (SSSR count). The molecule has 0 aromatic heterocycles. The minimum Gasteiger partial charge on any atom is -0.386 e. The Kier molecular flexibility index (Phi) is 5.13. The number of nitrogens with one attached hydrogen (secondary N) is 1. The van der Waals surface area contributed by atoms with E-state index in [1.54, 1.807) is 13.3 Å². The number of rotatable bonds is 3. The molecule has 124 valence electrons. The molecule has 3 nitrogen and oxygen atoms in total. The Morgan fingerprint density at radius 2 is 2.04 bits per heavy atom. The summed E-state index contributed by atoms with van der Waals surface area (Å²) in [5.74, 6) is 0. The van der Waals surface area contributed by atoms with Gasteiger partial charge in [-0.15, -0.1) is 0 Å². The number of alkyl halides is 3. The smallest absolute Gasteiger partial charge is 0.386 e. The molecule has 0 aliphatic carbocycles. The molecular weight excluding hydrogens is 303 g/mol. The van der Waals surface area contributed by atoms with Crippen LogP contribution in [0, 0.1) is 0 Å². The lowest BCUT2D eigenvalue weighted by Crippen LogP contribution is -2.09. The maximum atomic E-state index is 12.8. The van der Waals surface area contributed by atoms with Gasteiger partial charge in [-0.3, -0.25) is 4.99 Å². The van der Waals surface area contributed by atoms with E-state index in [1.807, 2.05) is 20.0 Å². The minimum absolute atomic E-state index is 0.280. The van der Waals surface area contributed by atoms with Gasteiger partial charge in [-0.1, -0.05) is 11.6 Å². The Labute approximate surface area is 134 Å². The van der Waals surface area contributed by atoms with Crippen molar-refractivity contribution in [1.29, 1.82) is 0 Å². The predicted molar refractivity (Wildman–Crippen MR) is 88.2 cm³/mol. The van der Waals surface area contributed by atoms with Crippen molar-refractivity contribution in [3.8, 4) is 0 Å². The molecule has 0 amide bonds. The maximum Gasteiger partial charge on any atom is 0.416 e. The van der Waals surface area contributed by atoms with E-state index in [2.05, 4.69) is 21.4 Å². The van der Waals surface area contributed by atoms with Crippen molar-refractivity contribution in [1.82, 2.24) is 4.90 Å². The van der Waals surface area contributed by atoms with Crippen LogP contribution in [-0.4, -0.2) is 31.8 Å². The molecule has 1 aromatic carbocycles. The molecule has 1 N–H and O–H groups in total. The fourth-order valence-electron chi connectivity index (χ4n) is 2.41. The van der Waals surface area contributed by atoms with Crippen molar-refractivity contribution in [3.63, 3.8) is 0 Å². The van der Waals surface area contributed by atoms with Gasteiger partial charge in [-0.25, -0.2) is 0 Å². The van der Waals surface area contributed by atoms with E-state index in [4.69, 9.17) is 0 Å². The molecular formula is C17H20F3N3. The number of aliphatic imine (C=N–C) groups is 1. The third kappa shape index (κ3) is 4.61. The van der Waals surface area contributed by atoms with Crippen LogP contribution in [0.4, 0.5) is 24.5 Å². The highest BCUT2D eigenvalue weighted by molar-refractivity contribution is 5.84. The Balaban J connectivity index is 2.29. The minimum atomic E-state index is -4.37. The Bertz CT molecular complexity index is 658. The molecule has 1 aliphatic heterocycles. The molecule has 1 aromatic rings. The van der Waals surface area contributed by atoms with Crippen LogP contribution in [0.3, 0.4) is 0 Å². The van der Waals surface area contributed by atoms with Gasteiger partial charge in [-0.05, 0) is 43.3 Å². The summed E-state index contributed by atoms with van der Waals surface area (Å²) in [6.45, 7) is 2.77. The highest BCUT2D eigenvalue weighted by Crippen LogP contribution is 2.35. The summed E-state index contributed by atoms with van der Waals surface area (Å²) in [5.41, 5.74) is 2.31. The second-order valence-electron chi connectivity index (χ2n) is 5.61. The molecule has 0 saturated heterocycles. The Morgan fingerprint density at radius 3 is 2.70 bits per heavy atom. The summed E-state index contributed by atoms with van der Waals surface area (Å²) in [7, 11) is 3.64. The van der Waals surface area contributed by atoms with Crippen molar-refractivity contribution in [2.75, 3.05) is 26.0 Å². The summed E-state index contributed by atoms with van der Waals surface area (Å²) in [5, 5.41) is 2.87. The highest BCUT2D eigenvalue weighted by atomic mass is 19.4. The van der Waals surface area contributed by atoms with Crippen molar-refractivity contribution in [2.45, 2.75) is 19.5 Å². The van der Waals surface area contributed by atoms with Crippen LogP contribution in [0.15, 0.2) is 46.6 Å². The second-order valence-corrected chi connectivity index (χ2v) is 5.61. The molecule has 0 radical (unpaired) electrons. The number of hydrogen-bond acceptors (Lipinski definition) is 3. The molecule has 0 spiro atoms. The quantitative estimate of drug-likeness (QED) is 0.822. The van der Waals surface area contributed by atoms with Crippen LogP contribution >= 0.6 is 0 Å². The fraction of sp³-hybridized carbons (Fsp3) is 0.353. The van der Waals surface area contributed by atoms with Crippen LogP contribution in [0.2, 0.25) is 0 Å². The molecule has 1 heterocycles. The van der Waals surface area contributed by atoms with Crippen molar-refractivity contribution in [2.24, 2.45) is 4.99 Å². The lowest BCUT2D eigenvalue weighted by atomic mass is 10.1. The summed E-state index contributed by atoms with van der Waals surface area (Å²) < 4.78 is 38.5. The molecule has 0 saturated carbocycles. The molecule has 6 heteroatoms. The summed E-state index contributed by atoms with van der Waals surface area (Å²) in [6.07, 6.45) is 2.10.